The molecule has 104 valence electrons. The molecule has 0 aliphatic rings. The van der Waals surface area contributed by atoms with Gasteiger partial charge in [0.15, 0.2) is 0 Å². The van der Waals surface area contributed by atoms with Crippen LogP contribution in [0.3, 0.4) is 0 Å². The summed E-state index contributed by atoms with van der Waals surface area (Å²) < 4.78 is 4.84. The number of methoxy groups -OCH3 is 1. The van der Waals surface area contributed by atoms with Crippen LogP contribution in [-0.2, 0) is 4.74 Å². The summed E-state index contributed by atoms with van der Waals surface area (Å²) in [6.07, 6.45) is 0. The largest absolute Gasteiger partial charge is 0.465 e. The van der Waals surface area contributed by atoms with E-state index in [0.29, 0.717) is 11.3 Å². The standard InChI is InChI=1S/C16H18N2O2/c1-3-18(13-7-5-4-6-8-13)15-10-9-12(17)11-14(15)16(19)20-2/h4-11H,3,17H2,1-2H3. The fourth-order valence-corrected chi connectivity index (χ4v) is 2.16. The van der Waals surface area contributed by atoms with Crippen molar-refractivity contribution in [1.29, 1.82) is 0 Å². The van der Waals surface area contributed by atoms with Gasteiger partial charge in [-0.1, -0.05) is 18.2 Å². The van der Waals surface area contributed by atoms with Crippen LogP contribution in [0.1, 0.15) is 17.3 Å². The molecule has 0 aromatic heterocycles. The maximum atomic E-state index is 11.9. The molecule has 0 unspecified atom stereocenters. The van der Waals surface area contributed by atoms with E-state index >= 15 is 0 Å². The SMILES string of the molecule is CCN(c1ccccc1)c1ccc(N)cc1C(=O)OC. The van der Waals surface area contributed by atoms with Gasteiger partial charge in [-0.3, -0.25) is 0 Å². The summed E-state index contributed by atoms with van der Waals surface area (Å²) in [7, 11) is 1.37. The smallest absolute Gasteiger partial charge is 0.340 e. The number of nitrogens with two attached hydrogens (primary N) is 1. The number of carbonyl (C=O) groups is 1. The molecule has 0 radical (unpaired) electrons. The van der Waals surface area contributed by atoms with Crippen LogP contribution >= 0.6 is 0 Å². The molecule has 0 aliphatic heterocycles. The molecular weight excluding hydrogens is 252 g/mol. The molecule has 0 atom stereocenters. The van der Waals surface area contributed by atoms with Crippen LogP contribution in [-0.4, -0.2) is 19.6 Å². The molecule has 2 rings (SSSR count). The molecule has 0 bridgehead atoms. The number of esters is 1. The van der Waals surface area contributed by atoms with Crippen LogP contribution in [0.5, 0.6) is 0 Å². The van der Waals surface area contributed by atoms with Crippen LogP contribution < -0.4 is 10.6 Å². The van der Waals surface area contributed by atoms with Crippen LogP contribution in [0, 0.1) is 0 Å². The van der Waals surface area contributed by atoms with E-state index in [2.05, 4.69) is 0 Å². The maximum absolute atomic E-state index is 11.9. The fraction of sp³-hybridized carbons (Fsp3) is 0.188. The van der Waals surface area contributed by atoms with Crippen molar-refractivity contribution < 1.29 is 9.53 Å². The lowest BCUT2D eigenvalue weighted by atomic mass is 10.1. The van der Waals surface area contributed by atoms with E-state index in [4.69, 9.17) is 10.5 Å². The van der Waals surface area contributed by atoms with Crippen molar-refractivity contribution >= 4 is 23.0 Å². The number of hydrogen-bond acceptors (Lipinski definition) is 4. The van der Waals surface area contributed by atoms with E-state index in [9.17, 15) is 4.79 Å². The lowest BCUT2D eigenvalue weighted by Gasteiger charge is -2.25. The van der Waals surface area contributed by atoms with E-state index < -0.39 is 0 Å². The Labute approximate surface area is 118 Å². The van der Waals surface area contributed by atoms with Gasteiger partial charge in [0.05, 0.1) is 18.4 Å². The molecule has 4 heteroatoms. The van der Waals surface area contributed by atoms with Gasteiger partial charge in [0.2, 0.25) is 0 Å². The van der Waals surface area contributed by atoms with Gasteiger partial charge in [-0.05, 0) is 37.3 Å². The molecule has 4 nitrogen and oxygen atoms in total. The molecule has 0 aliphatic carbocycles. The second kappa shape index (κ2) is 6.10. The molecule has 2 aromatic carbocycles. The molecule has 0 heterocycles. The van der Waals surface area contributed by atoms with Gasteiger partial charge in [-0.15, -0.1) is 0 Å². The first kappa shape index (κ1) is 13.9. The predicted molar refractivity (Wildman–Crippen MR) is 81.3 cm³/mol. The molecule has 0 saturated heterocycles. The van der Waals surface area contributed by atoms with E-state index in [1.807, 2.05) is 48.2 Å². The number of nitrogen functional groups attached to an aromatic ring is 1. The highest BCUT2D eigenvalue weighted by molar-refractivity contribution is 5.98. The van der Waals surface area contributed by atoms with Crippen LogP contribution in [0.2, 0.25) is 0 Å². The fourth-order valence-electron chi connectivity index (χ4n) is 2.16. The molecule has 20 heavy (non-hydrogen) atoms. The quantitative estimate of drug-likeness (QED) is 0.684. The Bertz CT molecular complexity index is 597. The van der Waals surface area contributed by atoms with E-state index in [1.54, 1.807) is 12.1 Å². The Hall–Kier alpha value is -2.49. The monoisotopic (exact) mass is 270 g/mol. The van der Waals surface area contributed by atoms with Crippen LogP contribution in [0.15, 0.2) is 48.5 Å². The first-order chi connectivity index (χ1) is 9.67. The van der Waals surface area contributed by atoms with Gasteiger partial charge in [0.1, 0.15) is 0 Å². The number of anilines is 3. The average Bonchev–Trinajstić information content (AvgIpc) is 2.49. The Morgan fingerprint density at radius 2 is 1.90 bits per heavy atom. The minimum absolute atomic E-state index is 0.387. The molecule has 0 fully saturated rings. The zero-order chi connectivity index (χ0) is 14.5. The zero-order valence-electron chi connectivity index (χ0n) is 11.7. The number of benzene rings is 2. The van der Waals surface area contributed by atoms with Gasteiger partial charge >= 0.3 is 5.97 Å². The number of carbonyl (C=O) groups excluding carboxylic acids is 1. The van der Waals surface area contributed by atoms with Crippen LogP contribution in [0.25, 0.3) is 0 Å². The zero-order valence-corrected chi connectivity index (χ0v) is 11.7. The van der Waals surface area contributed by atoms with Gasteiger partial charge in [-0.25, -0.2) is 4.79 Å². The summed E-state index contributed by atoms with van der Waals surface area (Å²) in [4.78, 5) is 14.0. The van der Waals surface area contributed by atoms with Crippen molar-refractivity contribution in [2.75, 3.05) is 24.3 Å². The number of para-hydroxylation sites is 1. The second-order valence-electron chi connectivity index (χ2n) is 4.35. The van der Waals surface area contributed by atoms with Gasteiger partial charge in [0, 0.05) is 17.9 Å². The summed E-state index contributed by atoms with van der Waals surface area (Å²) in [5.41, 5.74) is 8.59. The third-order valence-corrected chi connectivity index (χ3v) is 3.10. The second-order valence-corrected chi connectivity index (χ2v) is 4.35. The third-order valence-electron chi connectivity index (χ3n) is 3.10. The Morgan fingerprint density at radius 1 is 1.20 bits per heavy atom. The van der Waals surface area contributed by atoms with E-state index in [-0.39, 0.29) is 5.97 Å². The number of nitrogens with zero attached hydrogens (tertiary/aromatic N) is 1. The summed E-state index contributed by atoms with van der Waals surface area (Å²) >= 11 is 0. The summed E-state index contributed by atoms with van der Waals surface area (Å²) in [6, 6.07) is 15.2. The van der Waals surface area contributed by atoms with Crippen molar-refractivity contribution in [2.45, 2.75) is 6.92 Å². The summed E-state index contributed by atoms with van der Waals surface area (Å²) in [5, 5.41) is 0. The molecule has 0 saturated carbocycles. The number of rotatable bonds is 4. The first-order valence-electron chi connectivity index (χ1n) is 6.47. The van der Waals surface area contributed by atoms with Crippen molar-refractivity contribution in [3.63, 3.8) is 0 Å². The average molecular weight is 270 g/mol. The summed E-state index contributed by atoms with van der Waals surface area (Å²) in [5.74, 6) is -0.387. The van der Waals surface area contributed by atoms with Gasteiger partial charge in [0.25, 0.3) is 0 Å². The number of hydrogen-bond donors (Lipinski definition) is 1. The normalized spacial score (nSPS) is 10.1. The molecule has 2 aromatic rings. The van der Waals surface area contributed by atoms with Crippen molar-refractivity contribution in [3.8, 4) is 0 Å². The molecular formula is C16H18N2O2. The highest BCUT2D eigenvalue weighted by atomic mass is 16.5. The lowest BCUT2D eigenvalue weighted by molar-refractivity contribution is 0.0601. The summed E-state index contributed by atoms with van der Waals surface area (Å²) in [6.45, 7) is 2.77. The molecule has 0 spiro atoms. The van der Waals surface area contributed by atoms with Crippen molar-refractivity contribution in [2.24, 2.45) is 0 Å². The van der Waals surface area contributed by atoms with Gasteiger partial charge in [-0.2, -0.15) is 0 Å². The van der Waals surface area contributed by atoms with E-state index in [0.717, 1.165) is 17.9 Å². The lowest BCUT2D eigenvalue weighted by Crippen LogP contribution is -2.19. The number of ether oxygens (including phenoxy) is 1. The molecule has 0 amide bonds. The highest BCUT2D eigenvalue weighted by Crippen LogP contribution is 2.30. The minimum Gasteiger partial charge on any atom is -0.465 e. The van der Waals surface area contributed by atoms with Gasteiger partial charge < -0.3 is 15.4 Å². The van der Waals surface area contributed by atoms with E-state index in [1.165, 1.54) is 7.11 Å². The van der Waals surface area contributed by atoms with Crippen LogP contribution in [0.4, 0.5) is 17.1 Å². The maximum Gasteiger partial charge on any atom is 0.340 e. The first-order valence-corrected chi connectivity index (χ1v) is 6.47. The Morgan fingerprint density at radius 3 is 2.50 bits per heavy atom. The Balaban J connectivity index is 2.52. The van der Waals surface area contributed by atoms with Crippen molar-refractivity contribution in [3.05, 3.63) is 54.1 Å². The minimum atomic E-state index is -0.387. The highest BCUT2D eigenvalue weighted by Gasteiger charge is 2.17. The predicted octanol–water partition coefficient (Wildman–Crippen LogP) is 3.21. The Kier molecular flexibility index (Phi) is 4.25. The topological polar surface area (TPSA) is 55.6 Å². The van der Waals surface area contributed by atoms with Crippen molar-refractivity contribution in [1.82, 2.24) is 0 Å². The third kappa shape index (κ3) is 2.74. The molecule has 2 N–H and O–H groups in total.